The highest BCUT2D eigenvalue weighted by Gasteiger charge is 2.12. The van der Waals surface area contributed by atoms with Crippen LogP contribution in [0.2, 0.25) is 0 Å². The maximum atomic E-state index is 12.4. The van der Waals surface area contributed by atoms with Gasteiger partial charge in [-0.25, -0.2) is 9.67 Å². The molecule has 2 heterocycles. The van der Waals surface area contributed by atoms with Crippen LogP contribution in [0, 0.1) is 11.3 Å². The molecule has 4 aromatic rings. The van der Waals surface area contributed by atoms with E-state index in [0.717, 1.165) is 11.3 Å². The van der Waals surface area contributed by atoms with Gasteiger partial charge in [-0.05, 0) is 23.8 Å². The molecule has 4 rings (SSSR count). The van der Waals surface area contributed by atoms with Gasteiger partial charge in [-0.15, -0.1) is 0 Å². The molecule has 0 aliphatic carbocycles. The Hall–Kier alpha value is -3.37. The molecule has 0 amide bonds. The lowest BCUT2D eigenvalue weighted by Gasteiger charge is -2.05. The number of rotatable bonds is 4. The standard InChI is InChI=1S/C19H13N5OS/c20-10-13-6-4-5-7-14(13)12-26-19-22-17-16(18(25)23-19)11-21-24(17)15-8-2-1-3-9-15/h1-9,11H,12H2,(H,22,23,25). The maximum Gasteiger partial charge on any atom is 0.262 e. The van der Waals surface area contributed by atoms with E-state index in [4.69, 9.17) is 0 Å². The number of aromatic amines is 1. The summed E-state index contributed by atoms with van der Waals surface area (Å²) in [5, 5.41) is 14.4. The fourth-order valence-electron chi connectivity index (χ4n) is 2.63. The zero-order valence-electron chi connectivity index (χ0n) is 13.6. The average Bonchev–Trinajstić information content (AvgIpc) is 3.12. The summed E-state index contributed by atoms with van der Waals surface area (Å²) in [5.74, 6) is 0.539. The van der Waals surface area contributed by atoms with Gasteiger partial charge in [0.1, 0.15) is 5.39 Å². The Labute approximate surface area is 153 Å². The molecule has 0 atom stereocenters. The van der Waals surface area contributed by atoms with Gasteiger partial charge >= 0.3 is 0 Å². The van der Waals surface area contributed by atoms with Crippen LogP contribution in [0.4, 0.5) is 0 Å². The number of fused-ring (bicyclic) bond motifs is 1. The van der Waals surface area contributed by atoms with Crippen LogP contribution in [0.25, 0.3) is 16.7 Å². The van der Waals surface area contributed by atoms with Crippen LogP contribution < -0.4 is 5.56 Å². The Morgan fingerprint density at radius 2 is 1.88 bits per heavy atom. The predicted molar refractivity (Wildman–Crippen MR) is 100 cm³/mol. The number of thioether (sulfide) groups is 1. The van der Waals surface area contributed by atoms with Gasteiger partial charge in [0, 0.05) is 5.75 Å². The zero-order chi connectivity index (χ0) is 17.9. The van der Waals surface area contributed by atoms with Crippen molar-refractivity contribution in [3.05, 3.63) is 82.3 Å². The molecule has 0 spiro atoms. The van der Waals surface area contributed by atoms with Crippen LogP contribution in [0.5, 0.6) is 0 Å². The molecule has 0 saturated heterocycles. The molecule has 0 bridgehead atoms. The Morgan fingerprint density at radius 1 is 1.12 bits per heavy atom. The van der Waals surface area contributed by atoms with Gasteiger partial charge in [0.25, 0.3) is 5.56 Å². The van der Waals surface area contributed by atoms with Gasteiger partial charge in [0.2, 0.25) is 0 Å². The summed E-state index contributed by atoms with van der Waals surface area (Å²) in [7, 11) is 0. The summed E-state index contributed by atoms with van der Waals surface area (Å²) >= 11 is 1.38. The van der Waals surface area contributed by atoms with Crippen molar-refractivity contribution in [2.75, 3.05) is 0 Å². The lowest BCUT2D eigenvalue weighted by molar-refractivity contribution is 0.873. The summed E-state index contributed by atoms with van der Waals surface area (Å²) < 4.78 is 1.65. The van der Waals surface area contributed by atoms with Crippen molar-refractivity contribution >= 4 is 22.8 Å². The highest BCUT2D eigenvalue weighted by atomic mass is 32.2. The highest BCUT2D eigenvalue weighted by Crippen LogP contribution is 2.22. The molecule has 2 aromatic carbocycles. The monoisotopic (exact) mass is 359 g/mol. The number of nitrogens with one attached hydrogen (secondary N) is 1. The number of para-hydroxylation sites is 1. The van der Waals surface area contributed by atoms with Crippen molar-refractivity contribution in [2.24, 2.45) is 0 Å². The molecule has 26 heavy (non-hydrogen) atoms. The summed E-state index contributed by atoms with van der Waals surface area (Å²) in [6.07, 6.45) is 1.52. The van der Waals surface area contributed by atoms with Crippen LogP contribution in [0.1, 0.15) is 11.1 Å². The topological polar surface area (TPSA) is 87.4 Å². The summed E-state index contributed by atoms with van der Waals surface area (Å²) in [4.78, 5) is 19.7. The molecule has 0 saturated carbocycles. The van der Waals surface area contributed by atoms with Gasteiger partial charge < -0.3 is 4.98 Å². The van der Waals surface area contributed by atoms with Crippen LogP contribution >= 0.6 is 11.8 Å². The second kappa shape index (κ2) is 6.86. The van der Waals surface area contributed by atoms with E-state index in [9.17, 15) is 10.1 Å². The molecule has 0 aliphatic heterocycles. The number of aromatic nitrogens is 4. The van der Waals surface area contributed by atoms with Crippen LogP contribution in [-0.2, 0) is 5.75 Å². The average molecular weight is 359 g/mol. The fourth-order valence-corrected chi connectivity index (χ4v) is 3.49. The Morgan fingerprint density at radius 3 is 2.69 bits per heavy atom. The largest absolute Gasteiger partial charge is 0.301 e. The smallest absolute Gasteiger partial charge is 0.262 e. The van der Waals surface area contributed by atoms with Crippen LogP contribution in [0.15, 0.2) is 70.7 Å². The third kappa shape index (κ3) is 2.98. The van der Waals surface area contributed by atoms with Gasteiger partial charge in [0.05, 0.1) is 23.5 Å². The van der Waals surface area contributed by atoms with E-state index in [-0.39, 0.29) is 5.56 Å². The number of benzene rings is 2. The van der Waals surface area contributed by atoms with Crippen molar-refractivity contribution in [3.63, 3.8) is 0 Å². The number of hydrogen-bond acceptors (Lipinski definition) is 5. The highest BCUT2D eigenvalue weighted by molar-refractivity contribution is 7.98. The summed E-state index contributed by atoms with van der Waals surface area (Å²) in [6, 6.07) is 19.1. The molecule has 0 aliphatic rings. The first kappa shape index (κ1) is 16.1. The molecule has 0 fully saturated rings. The third-order valence-corrected chi connectivity index (χ3v) is 4.84. The molecular weight excluding hydrogens is 346 g/mol. The molecule has 1 N–H and O–H groups in total. The molecule has 126 valence electrons. The minimum Gasteiger partial charge on any atom is -0.301 e. The minimum atomic E-state index is -0.228. The van der Waals surface area contributed by atoms with Crippen molar-refractivity contribution in [3.8, 4) is 11.8 Å². The fraction of sp³-hybridized carbons (Fsp3) is 0.0526. The second-order valence-corrected chi connectivity index (χ2v) is 6.52. The van der Waals surface area contributed by atoms with E-state index >= 15 is 0 Å². The molecule has 2 aromatic heterocycles. The quantitative estimate of drug-likeness (QED) is 0.446. The van der Waals surface area contributed by atoms with Crippen molar-refractivity contribution in [1.82, 2.24) is 19.7 Å². The van der Waals surface area contributed by atoms with Crippen molar-refractivity contribution in [2.45, 2.75) is 10.9 Å². The van der Waals surface area contributed by atoms with E-state index in [2.05, 4.69) is 21.1 Å². The summed E-state index contributed by atoms with van der Waals surface area (Å²) in [6.45, 7) is 0. The SMILES string of the molecule is N#Cc1ccccc1CSc1nc2c(cnn2-c2ccccc2)c(=O)[nH]1. The lowest BCUT2D eigenvalue weighted by Crippen LogP contribution is -2.09. The molecule has 6 nitrogen and oxygen atoms in total. The number of nitriles is 1. The number of hydrogen-bond donors (Lipinski definition) is 1. The number of nitrogens with zero attached hydrogens (tertiary/aromatic N) is 4. The van der Waals surface area contributed by atoms with Gasteiger partial charge in [0.15, 0.2) is 10.8 Å². The zero-order valence-corrected chi connectivity index (χ0v) is 14.4. The Bertz CT molecular complexity index is 1170. The Kier molecular flexibility index (Phi) is 4.25. The first-order valence-electron chi connectivity index (χ1n) is 7.90. The molecule has 7 heteroatoms. The predicted octanol–water partition coefficient (Wildman–Crippen LogP) is 3.27. The van der Waals surface area contributed by atoms with Gasteiger partial charge in [-0.3, -0.25) is 4.79 Å². The first-order valence-corrected chi connectivity index (χ1v) is 8.89. The van der Waals surface area contributed by atoms with Crippen molar-refractivity contribution < 1.29 is 0 Å². The second-order valence-electron chi connectivity index (χ2n) is 5.56. The van der Waals surface area contributed by atoms with Crippen molar-refractivity contribution in [1.29, 1.82) is 5.26 Å². The van der Waals surface area contributed by atoms with Crippen LogP contribution in [0.3, 0.4) is 0 Å². The van der Waals surface area contributed by atoms with Crippen LogP contribution in [-0.4, -0.2) is 19.7 Å². The normalized spacial score (nSPS) is 10.7. The number of H-pyrrole nitrogens is 1. The van der Waals surface area contributed by atoms with E-state index in [1.54, 1.807) is 10.7 Å². The van der Waals surface area contributed by atoms with E-state index in [1.165, 1.54) is 18.0 Å². The van der Waals surface area contributed by atoms with E-state index < -0.39 is 0 Å². The minimum absolute atomic E-state index is 0.228. The van der Waals surface area contributed by atoms with E-state index in [0.29, 0.717) is 27.5 Å². The van der Waals surface area contributed by atoms with E-state index in [1.807, 2.05) is 48.5 Å². The third-order valence-electron chi connectivity index (χ3n) is 3.92. The first-order chi connectivity index (χ1) is 12.8. The lowest BCUT2D eigenvalue weighted by atomic mass is 10.1. The molecule has 0 unspecified atom stereocenters. The Balaban J connectivity index is 1.71. The maximum absolute atomic E-state index is 12.4. The molecule has 0 radical (unpaired) electrons. The molecular formula is C19H13N5OS. The van der Waals surface area contributed by atoms with Gasteiger partial charge in [-0.2, -0.15) is 10.4 Å². The summed E-state index contributed by atoms with van der Waals surface area (Å²) in [5.41, 5.74) is 2.65. The van der Waals surface area contributed by atoms with Gasteiger partial charge in [-0.1, -0.05) is 48.2 Å².